The van der Waals surface area contributed by atoms with Crippen molar-refractivity contribution >= 4 is 11.8 Å². The van der Waals surface area contributed by atoms with E-state index in [9.17, 15) is 9.59 Å². The van der Waals surface area contributed by atoms with Gasteiger partial charge in [-0.2, -0.15) is 0 Å². The molecule has 0 aromatic heterocycles. The summed E-state index contributed by atoms with van der Waals surface area (Å²) in [5, 5.41) is 0. The number of hydrogen-bond acceptors (Lipinski definition) is 4. The number of esters is 1. The van der Waals surface area contributed by atoms with Crippen molar-refractivity contribution < 1.29 is 19.1 Å². The average Bonchev–Trinajstić information content (AvgIpc) is 2.70. The zero-order valence-corrected chi connectivity index (χ0v) is 16.9. The van der Waals surface area contributed by atoms with E-state index in [1.54, 1.807) is 30.3 Å². The van der Waals surface area contributed by atoms with Gasteiger partial charge in [0.05, 0.1) is 0 Å². The van der Waals surface area contributed by atoms with E-state index in [1.165, 1.54) is 0 Å². The molecule has 0 aliphatic heterocycles. The van der Waals surface area contributed by atoms with Crippen LogP contribution < -0.4 is 4.74 Å². The molecule has 0 radical (unpaired) electrons. The SMILES string of the molecule is Cc1cccc(COc2ccccc2C(=O)OCC(=O)c2ccc(C)cc2C)c1. The van der Waals surface area contributed by atoms with Gasteiger partial charge in [0.1, 0.15) is 17.9 Å². The summed E-state index contributed by atoms with van der Waals surface area (Å²) in [6.45, 7) is 5.88. The Kier molecular flexibility index (Phi) is 6.45. The number of ketones is 1. The smallest absolute Gasteiger partial charge is 0.342 e. The minimum atomic E-state index is -0.581. The Morgan fingerprint density at radius 3 is 2.31 bits per heavy atom. The number of aryl methyl sites for hydroxylation is 3. The molecule has 3 rings (SSSR count). The van der Waals surface area contributed by atoms with Crippen LogP contribution in [-0.4, -0.2) is 18.4 Å². The van der Waals surface area contributed by atoms with E-state index in [1.807, 2.05) is 57.2 Å². The lowest BCUT2D eigenvalue weighted by Gasteiger charge is -2.12. The summed E-state index contributed by atoms with van der Waals surface area (Å²) in [7, 11) is 0. The van der Waals surface area contributed by atoms with Gasteiger partial charge < -0.3 is 9.47 Å². The third kappa shape index (κ3) is 5.32. The van der Waals surface area contributed by atoms with Gasteiger partial charge in [-0.15, -0.1) is 0 Å². The fourth-order valence-electron chi connectivity index (χ4n) is 3.14. The molecule has 4 nitrogen and oxygen atoms in total. The third-order valence-electron chi connectivity index (χ3n) is 4.60. The van der Waals surface area contributed by atoms with Gasteiger partial charge in [0.2, 0.25) is 5.78 Å². The molecule has 0 fully saturated rings. The van der Waals surface area contributed by atoms with Gasteiger partial charge in [-0.3, -0.25) is 4.79 Å². The Hall–Kier alpha value is -3.40. The van der Waals surface area contributed by atoms with Crippen molar-refractivity contribution in [3.8, 4) is 5.75 Å². The van der Waals surface area contributed by atoms with Gasteiger partial charge in [-0.05, 0) is 44.0 Å². The third-order valence-corrected chi connectivity index (χ3v) is 4.60. The molecule has 0 saturated heterocycles. The van der Waals surface area contributed by atoms with E-state index >= 15 is 0 Å². The Bertz CT molecular complexity index is 1040. The number of para-hydroxylation sites is 1. The first kappa shape index (κ1) is 20.3. The van der Waals surface area contributed by atoms with Crippen LogP contribution in [0, 0.1) is 20.8 Å². The topological polar surface area (TPSA) is 52.6 Å². The van der Waals surface area contributed by atoms with E-state index in [-0.39, 0.29) is 12.4 Å². The van der Waals surface area contributed by atoms with Crippen molar-refractivity contribution in [2.45, 2.75) is 27.4 Å². The molecule has 0 aliphatic rings. The van der Waals surface area contributed by atoms with Crippen LogP contribution in [0.25, 0.3) is 0 Å². The van der Waals surface area contributed by atoms with Crippen LogP contribution in [-0.2, 0) is 11.3 Å². The van der Waals surface area contributed by atoms with E-state index < -0.39 is 5.97 Å². The highest BCUT2D eigenvalue weighted by molar-refractivity contribution is 6.00. The number of carbonyl (C=O) groups excluding carboxylic acids is 2. The quantitative estimate of drug-likeness (QED) is 0.411. The van der Waals surface area contributed by atoms with Crippen LogP contribution >= 0.6 is 0 Å². The van der Waals surface area contributed by atoms with Crippen LogP contribution in [0.1, 0.15) is 43.0 Å². The summed E-state index contributed by atoms with van der Waals surface area (Å²) in [5.41, 5.74) is 4.96. The first-order valence-corrected chi connectivity index (χ1v) is 9.49. The van der Waals surface area contributed by atoms with Crippen molar-refractivity contribution in [2.75, 3.05) is 6.61 Å². The van der Waals surface area contributed by atoms with Crippen LogP contribution in [0.15, 0.2) is 66.7 Å². The molecular formula is C25H24O4. The molecule has 3 aromatic rings. The van der Waals surface area contributed by atoms with Gasteiger partial charge in [-0.25, -0.2) is 4.79 Å². The van der Waals surface area contributed by atoms with Gasteiger partial charge in [0, 0.05) is 5.56 Å². The zero-order valence-electron chi connectivity index (χ0n) is 16.9. The maximum absolute atomic E-state index is 12.6. The lowest BCUT2D eigenvalue weighted by Crippen LogP contribution is -2.16. The average molecular weight is 388 g/mol. The molecule has 0 heterocycles. The summed E-state index contributed by atoms with van der Waals surface area (Å²) in [5.74, 6) is -0.380. The standard InChI is InChI=1S/C25H24O4/c1-17-7-6-8-20(14-17)15-28-24-10-5-4-9-22(24)25(27)29-16-23(26)21-12-11-18(2)13-19(21)3/h4-14H,15-16H2,1-3H3. The zero-order chi connectivity index (χ0) is 20.8. The molecule has 0 bridgehead atoms. The highest BCUT2D eigenvalue weighted by Crippen LogP contribution is 2.21. The Morgan fingerprint density at radius 2 is 1.55 bits per heavy atom. The van der Waals surface area contributed by atoms with E-state index in [4.69, 9.17) is 9.47 Å². The first-order chi connectivity index (χ1) is 13.9. The molecule has 148 valence electrons. The van der Waals surface area contributed by atoms with Gasteiger partial charge >= 0.3 is 5.97 Å². The van der Waals surface area contributed by atoms with Crippen LogP contribution in [0.2, 0.25) is 0 Å². The molecule has 0 N–H and O–H groups in total. The molecule has 0 spiro atoms. The summed E-state index contributed by atoms with van der Waals surface area (Å²) < 4.78 is 11.1. The normalized spacial score (nSPS) is 10.4. The molecule has 0 unspecified atom stereocenters. The predicted octanol–water partition coefficient (Wildman–Crippen LogP) is 5.23. The second-order valence-corrected chi connectivity index (χ2v) is 7.09. The molecule has 29 heavy (non-hydrogen) atoms. The number of Topliss-reactive ketones (excluding diaryl/α,β-unsaturated/α-hetero) is 1. The van der Waals surface area contributed by atoms with Crippen LogP contribution in [0.5, 0.6) is 5.75 Å². The minimum absolute atomic E-state index is 0.228. The molecule has 0 aliphatic carbocycles. The number of ether oxygens (including phenoxy) is 2. The number of carbonyl (C=O) groups is 2. The number of rotatable bonds is 7. The van der Waals surface area contributed by atoms with Crippen molar-refractivity contribution in [1.82, 2.24) is 0 Å². The molecular weight excluding hydrogens is 364 g/mol. The summed E-state index contributed by atoms with van der Waals surface area (Å²) >= 11 is 0. The van der Waals surface area contributed by atoms with Gasteiger partial charge in [-0.1, -0.05) is 65.7 Å². The molecule has 0 amide bonds. The predicted molar refractivity (Wildman–Crippen MR) is 112 cm³/mol. The van der Waals surface area contributed by atoms with Crippen LogP contribution in [0.4, 0.5) is 0 Å². The van der Waals surface area contributed by atoms with E-state index in [0.717, 1.165) is 22.3 Å². The van der Waals surface area contributed by atoms with Gasteiger partial charge in [0.15, 0.2) is 6.61 Å². The largest absolute Gasteiger partial charge is 0.488 e. The first-order valence-electron chi connectivity index (χ1n) is 9.49. The van der Waals surface area contributed by atoms with Gasteiger partial charge in [0.25, 0.3) is 0 Å². The highest BCUT2D eigenvalue weighted by atomic mass is 16.5. The Labute approximate surface area is 171 Å². The Morgan fingerprint density at radius 1 is 0.793 bits per heavy atom. The van der Waals surface area contributed by atoms with Crippen molar-refractivity contribution in [1.29, 1.82) is 0 Å². The van der Waals surface area contributed by atoms with Crippen molar-refractivity contribution in [3.63, 3.8) is 0 Å². The maximum atomic E-state index is 12.6. The lowest BCUT2D eigenvalue weighted by atomic mass is 10.0. The second kappa shape index (κ2) is 9.20. The van der Waals surface area contributed by atoms with Crippen molar-refractivity contribution in [3.05, 3.63) is 100 Å². The second-order valence-electron chi connectivity index (χ2n) is 7.09. The number of benzene rings is 3. The lowest BCUT2D eigenvalue weighted by molar-refractivity contribution is 0.0470. The molecule has 0 atom stereocenters. The van der Waals surface area contributed by atoms with Crippen molar-refractivity contribution in [2.24, 2.45) is 0 Å². The summed E-state index contributed by atoms with van der Waals surface area (Å²) in [4.78, 5) is 25.0. The molecule has 0 saturated carbocycles. The molecule has 3 aromatic carbocycles. The fraction of sp³-hybridized carbons (Fsp3) is 0.200. The molecule has 4 heteroatoms. The number of hydrogen-bond donors (Lipinski definition) is 0. The fourth-order valence-corrected chi connectivity index (χ4v) is 3.14. The minimum Gasteiger partial charge on any atom is -0.488 e. The highest BCUT2D eigenvalue weighted by Gasteiger charge is 2.17. The monoisotopic (exact) mass is 388 g/mol. The summed E-state index contributed by atoms with van der Waals surface area (Å²) in [6, 6.07) is 20.4. The van der Waals surface area contributed by atoms with E-state index in [0.29, 0.717) is 23.5 Å². The van der Waals surface area contributed by atoms with Crippen LogP contribution in [0.3, 0.4) is 0 Å². The maximum Gasteiger partial charge on any atom is 0.342 e. The Balaban J connectivity index is 1.65. The summed E-state index contributed by atoms with van der Waals surface area (Å²) in [6.07, 6.45) is 0. The van der Waals surface area contributed by atoms with E-state index in [2.05, 4.69) is 0 Å².